The van der Waals surface area contributed by atoms with E-state index in [1.807, 2.05) is 0 Å². The second-order valence-electron chi connectivity index (χ2n) is 34.9. The van der Waals surface area contributed by atoms with Gasteiger partial charge in [-0.1, -0.05) is 328 Å². The summed E-state index contributed by atoms with van der Waals surface area (Å²) < 4.78 is 19.6. The lowest BCUT2D eigenvalue weighted by Gasteiger charge is -2.17. The lowest BCUT2D eigenvalue weighted by atomic mass is 9.95. The Labute approximate surface area is 770 Å². The molecule has 0 aliphatic rings. The lowest BCUT2D eigenvalue weighted by molar-refractivity contribution is 1.14. The third-order valence-electron chi connectivity index (χ3n) is 27.7. The van der Waals surface area contributed by atoms with Gasteiger partial charge in [0.2, 0.25) is 0 Å². The molecule has 0 N–H and O–H groups in total. The van der Waals surface area contributed by atoms with Crippen molar-refractivity contribution >= 4 is 174 Å². The quantitative estimate of drug-likeness (QED) is 0.131. The summed E-state index contributed by atoms with van der Waals surface area (Å²) >= 11 is 0. The molecule has 0 unspecified atom stereocenters. The van der Waals surface area contributed by atoms with Gasteiger partial charge in [0, 0.05) is 132 Å². The molecule has 0 spiro atoms. The van der Waals surface area contributed by atoms with E-state index in [0.29, 0.717) is 0 Å². The van der Waals surface area contributed by atoms with Crippen molar-refractivity contribution in [3.8, 4) is 67.8 Å². The fourth-order valence-corrected chi connectivity index (χ4v) is 22.2. The van der Waals surface area contributed by atoms with Gasteiger partial charge in [-0.3, -0.25) is 0 Å². The van der Waals surface area contributed by atoms with Crippen molar-refractivity contribution in [2.75, 3.05) is 0 Å². The number of para-hydroxylation sites is 15. The van der Waals surface area contributed by atoms with Gasteiger partial charge in [0.1, 0.15) is 0 Å². The first-order chi connectivity index (χ1) is 66.6. The number of fused-ring (bicyclic) bond motifs is 24. The highest BCUT2D eigenvalue weighted by atomic mass is 15.1. The van der Waals surface area contributed by atoms with E-state index in [1.165, 1.54) is 214 Å². The largest absolute Gasteiger partial charge is 0.309 e. The molecule has 0 saturated heterocycles. The van der Waals surface area contributed by atoms with Gasteiger partial charge in [-0.25, -0.2) is 0 Å². The molecule has 0 amide bonds. The standard InChI is InChI=1S/C48H31N3.C42H27N3.C36H24N2/c1-3-17-33(18-4-1)49-44-29-14-10-25-39(44)47-45(49)31-40-38-24-9-13-28-43(38)51(34-19-5-2-6-20-34)48(40)46(47)32-16-15-21-35(30-32)50-41-26-11-7-22-36(41)37-23-8-12-27-42(37)50;1-3-15-28(16-4-1)43-38-26-14-10-22-33(38)40-39(43)27-34-32-21-9-11-23-35(32)44(29-17-5-2-6-18-29)41(34)42(40)45-36-24-12-7-19-30(36)31-20-8-13-25-37(31)45;1-3-11-25(12-4-1)26-19-21-28(22-20-26)38-34-18-10-8-16-30(34)32-23-35-31(24-36(32)38)29-15-7-9-17-33(29)37(35)27-13-5-2-6-14-27/h1-31H;1-27H;1-24H. The second-order valence-corrected chi connectivity index (χ2v) is 34.9. The van der Waals surface area contributed by atoms with Crippen LogP contribution in [0.4, 0.5) is 0 Å². The van der Waals surface area contributed by atoms with Gasteiger partial charge in [-0.05, 0) is 187 Å². The number of rotatable bonds is 10. The molecule has 8 heteroatoms. The maximum absolute atomic E-state index is 2.52. The summed E-state index contributed by atoms with van der Waals surface area (Å²) in [7, 11) is 0. The van der Waals surface area contributed by atoms with Gasteiger partial charge in [0.15, 0.2) is 0 Å². The highest BCUT2D eigenvalue weighted by Gasteiger charge is 2.30. The van der Waals surface area contributed by atoms with Gasteiger partial charge in [0.25, 0.3) is 0 Å². The van der Waals surface area contributed by atoms with E-state index in [4.69, 9.17) is 0 Å². The summed E-state index contributed by atoms with van der Waals surface area (Å²) in [5, 5.41) is 20.0. The van der Waals surface area contributed by atoms with Crippen molar-refractivity contribution < 1.29 is 0 Å². The van der Waals surface area contributed by atoms with Crippen molar-refractivity contribution in [3.63, 3.8) is 0 Å². The molecular formula is C126H82N8. The number of nitrogens with zero attached hydrogens (tertiary/aromatic N) is 8. The second kappa shape index (κ2) is 30.9. The predicted molar refractivity (Wildman–Crippen MR) is 565 cm³/mol. The SMILES string of the molecule is c1ccc(-c2ccc(-n3c4ccccc4c4cc5c(cc43)c3ccccc3n5-c3ccccc3)cc2)cc1.c1ccc(-n2c3ccccc3c3c(-c4cccc(-n5c6ccccc6c6ccccc65)c4)c4c(cc32)c2ccccc2n4-c2ccccc2)cc1.c1ccc(-n2c3ccccc3c3c(-n4c5ccccc5c5ccccc54)c4c(cc32)c2ccccc2n4-c2ccccc2)cc1. The van der Waals surface area contributed by atoms with E-state index in [-0.39, 0.29) is 0 Å². The Bertz CT molecular complexity index is 9610. The first-order valence-corrected chi connectivity index (χ1v) is 46.1. The fraction of sp³-hybridized carbons (Fsp3) is 0. The molecule has 0 saturated carbocycles. The van der Waals surface area contributed by atoms with E-state index < -0.39 is 0 Å². The van der Waals surface area contributed by atoms with Crippen LogP contribution in [0, 0.1) is 0 Å². The van der Waals surface area contributed by atoms with Crippen LogP contribution in [-0.4, -0.2) is 36.5 Å². The Balaban J connectivity index is 0.000000103. The molecule has 8 heterocycles. The van der Waals surface area contributed by atoms with Crippen molar-refractivity contribution in [1.29, 1.82) is 0 Å². The van der Waals surface area contributed by atoms with Crippen LogP contribution in [0.1, 0.15) is 0 Å². The van der Waals surface area contributed by atoms with Crippen LogP contribution in [0.5, 0.6) is 0 Å². The average molecular weight is 1710 g/mol. The fourth-order valence-electron chi connectivity index (χ4n) is 22.2. The number of hydrogen-bond acceptors (Lipinski definition) is 0. The average Bonchev–Trinajstić information content (AvgIpc) is 2.44. The highest BCUT2D eigenvalue weighted by molar-refractivity contribution is 6.29. The van der Waals surface area contributed by atoms with E-state index >= 15 is 0 Å². The van der Waals surface area contributed by atoms with Crippen LogP contribution in [0.3, 0.4) is 0 Å². The predicted octanol–water partition coefficient (Wildman–Crippen LogP) is 33.2. The molecule has 8 nitrogen and oxygen atoms in total. The third-order valence-corrected chi connectivity index (χ3v) is 27.7. The van der Waals surface area contributed by atoms with Gasteiger partial charge in [-0.15, -0.1) is 0 Å². The zero-order valence-corrected chi connectivity index (χ0v) is 72.9. The molecule has 29 aromatic rings. The molecular weight excluding hydrogens is 1630 g/mol. The van der Waals surface area contributed by atoms with Crippen molar-refractivity contribution in [2.24, 2.45) is 0 Å². The molecule has 21 aromatic carbocycles. The summed E-state index contributed by atoms with van der Waals surface area (Å²) in [4.78, 5) is 0. The lowest BCUT2D eigenvalue weighted by Crippen LogP contribution is -2.02. The van der Waals surface area contributed by atoms with Crippen LogP contribution in [-0.2, 0) is 0 Å². The molecule has 8 aromatic heterocycles. The molecule has 0 bridgehead atoms. The highest BCUT2D eigenvalue weighted by Crippen LogP contribution is 2.51. The van der Waals surface area contributed by atoms with Crippen LogP contribution in [0.15, 0.2) is 497 Å². The topological polar surface area (TPSA) is 39.4 Å². The van der Waals surface area contributed by atoms with E-state index in [1.54, 1.807) is 0 Å². The van der Waals surface area contributed by atoms with Crippen LogP contribution in [0.2, 0.25) is 0 Å². The van der Waals surface area contributed by atoms with Gasteiger partial charge >= 0.3 is 0 Å². The Morgan fingerprint density at radius 3 is 0.731 bits per heavy atom. The molecule has 29 rings (SSSR count). The maximum atomic E-state index is 2.52. The normalized spacial score (nSPS) is 11.9. The monoisotopic (exact) mass is 1710 g/mol. The number of hydrogen-bond donors (Lipinski definition) is 0. The summed E-state index contributed by atoms with van der Waals surface area (Å²) in [5.41, 5.74) is 33.5. The zero-order chi connectivity index (χ0) is 88.0. The molecule has 0 fully saturated rings. The van der Waals surface area contributed by atoms with Crippen LogP contribution >= 0.6 is 0 Å². The van der Waals surface area contributed by atoms with Gasteiger partial charge in [0.05, 0.1) is 94.0 Å². The molecule has 0 radical (unpaired) electrons. The molecule has 0 aliphatic carbocycles. The Morgan fingerprint density at radius 2 is 0.343 bits per heavy atom. The Morgan fingerprint density at radius 1 is 0.112 bits per heavy atom. The Hall–Kier alpha value is -18.0. The summed E-state index contributed by atoms with van der Waals surface area (Å²) in [6.45, 7) is 0. The zero-order valence-electron chi connectivity index (χ0n) is 72.9. The van der Waals surface area contributed by atoms with Gasteiger partial charge < -0.3 is 36.5 Å². The summed E-state index contributed by atoms with van der Waals surface area (Å²) in [6.07, 6.45) is 0. The van der Waals surface area contributed by atoms with Gasteiger partial charge in [-0.2, -0.15) is 0 Å². The third kappa shape index (κ3) is 11.8. The van der Waals surface area contributed by atoms with Crippen LogP contribution < -0.4 is 0 Å². The molecule has 626 valence electrons. The van der Waals surface area contributed by atoms with Crippen LogP contribution in [0.25, 0.3) is 242 Å². The van der Waals surface area contributed by atoms with Crippen molar-refractivity contribution in [3.05, 3.63) is 497 Å². The molecule has 134 heavy (non-hydrogen) atoms. The number of aromatic nitrogens is 8. The van der Waals surface area contributed by atoms with E-state index in [2.05, 4.69) is 534 Å². The minimum Gasteiger partial charge on any atom is -0.309 e. The van der Waals surface area contributed by atoms with E-state index in [9.17, 15) is 0 Å². The first kappa shape index (κ1) is 76.1. The summed E-state index contributed by atoms with van der Waals surface area (Å²) in [6, 6.07) is 180. The Kier molecular flexibility index (Phi) is 17.5. The summed E-state index contributed by atoms with van der Waals surface area (Å²) in [5.74, 6) is 0. The first-order valence-electron chi connectivity index (χ1n) is 46.1. The minimum atomic E-state index is 1.14. The maximum Gasteiger partial charge on any atom is 0.0810 e. The van der Waals surface area contributed by atoms with Crippen molar-refractivity contribution in [2.45, 2.75) is 0 Å². The molecule has 0 aliphatic heterocycles. The van der Waals surface area contributed by atoms with E-state index in [0.717, 1.165) is 28.4 Å². The number of benzene rings is 21. The smallest absolute Gasteiger partial charge is 0.0810 e. The minimum absolute atomic E-state index is 1.14. The molecule has 0 atom stereocenters. The van der Waals surface area contributed by atoms with Crippen molar-refractivity contribution in [1.82, 2.24) is 36.5 Å².